The van der Waals surface area contributed by atoms with E-state index in [4.69, 9.17) is 19.5 Å². The first-order valence-electron chi connectivity index (χ1n) is 21.8. The summed E-state index contributed by atoms with van der Waals surface area (Å²) in [6.45, 7) is 13.5. The fraction of sp³-hybridized carbons (Fsp3) is 0.478. The van der Waals surface area contributed by atoms with Gasteiger partial charge in [-0.2, -0.15) is 10.2 Å². The van der Waals surface area contributed by atoms with Gasteiger partial charge in [-0.25, -0.2) is 9.67 Å². The summed E-state index contributed by atoms with van der Waals surface area (Å²) < 4.78 is 13.2. The van der Waals surface area contributed by atoms with Gasteiger partial charge in [-0.05, 0) is 87.8 Å². The number of pyridine rings is 1. The van der Waals surface area contributed by atoms with E-state index in [2.05, 4.69) is 59.2 Å². The van der Waals surface area contributed by atoms with E-state index in [0.29, 0.717) is 30.3 Å². The molecule has 4 aliphatic rings. The standard InChI is InChI=1S/C46H58N10O4/c1-5-39-35(41(51-33-17-21-59-22-18-33)37-27-49-55(7-3)43(37)53-39)25-47-45(57)31-13-9-29(10-14-31)30-11-15-32(16-12-30)46(58)48-26-36-40(6-2)54-44-38(28-50-56(44)8-4)42(36)52-34-19-23-60-24-20-34/h9-16,27-28,33-34,37,43,51H,5-8,17-26H2,1-4H3,(H,47,57)(H,48,58)(H,52,54). The van der Waals surface area contributed by atoms with Gasteiger partial charge in [0.05, 0.1) is 23.2 Å². The van der Waals surface area contributed by atoms with Crippen LogP contribution in [-0.2, 0) is 29.0 Å². The highest BCUT2D eigenvalue weighted by atomic mass is 16.5. The summed E-state index contributed by atoms with van der Waals surface area (Å²) >= 11 is 0. The number of aliphatic imine (C=N–C) groups is 1. The summed E-state index contributed by atoms with van der Waals surface area (Å²) in [6, 6.07) is 15.7. The van der Waals surface area contributed by atoms with Gasteiger partial charge in [0.15, 0.2) is 5.65 Å². The number of carbonyl (C=O) groups excluding carboxylic acids is 2. The third-order valence-corrected chi connectivity index (χ3v) is 12.2. The van der Waals surface area contributed by atoms with Gasteiger partial charge in [0, 0.05) is 110 Å². The molecule has 2 atom stereocenters. The maximum Gasteiger partial charge on any atom is 0.251 e. The van der Waals surface area contributed by atoms with Crippen molar-refractivity contribution in [2.75, 3.05) is 44.8 Å². The highest BCUT2D eigenvalue weighted by Gasteiger charge is 2.39. The van der Waals surface area contributed by atoms with Crippen molar-refractivity contribution in [3.05, 3.63) is 88.4 Å². The zero-order valence-electron chi connectivity index (χ0n) is 35.3. The molecule has 2 unspecified atom stereocenters. The van der Waals surface area contributed by atoms with Crippen LogP contribution in [0.5, 0.6) is 0 Å². The van der Waals surface area contributed by atoms with E-state index in [9.17, 15) is 9.59 Å². The van der Waals surface area contributed by atoms with Crippen LogP contribution in [0.4, 0.5) is 5.69 Å². The van der Waals surface area contributed by atoms with Crippen molar-refractivity contribution in [1.82, 2.24) is 35.7 Å². The molecule has 2 amide bonds. The molecule has 0 radical (unpaired) electrons. The molecule has 2 aromatic carbocycles. The van der Waals surface area contributed by atoms with Crippen LogP contribution in [0.15, 0.2) is 76.1 Å². The van der Waals surface area contributed by atoms with Gasteiger partial charge in [-0.1, -0.05) is 38.1 Å². The average molecular weight is 815 g/mol. The second-order valence-electron chi connectivity index (χ2n) is 15.8. The van der Waals surface area contributed by atoms with Crippen LogP contribution in [0.2, 0.25) is 0 Å². The van der Waals surface area contributed by atoms with Crippen molar-refractivity contribution in [3.8, 4) is 11.1 Å². The predicted octanol–water partition coefficient (Wildman–Crippen LogP) is 6.08. The average Bonchev–Trinajstić information content (AvgIpc) is 3.92. The van der Waals surface area contributed by atoms with Gasteiger partial charge in [0.25, 0.3) is 11.8 Å². The van der Waals surface area contributed by atoms with Crippen molar-refractivity contribution >= 4 is 40.5 Å². The second kappa shape index (κ2) is 18.8. The van der Waals surface area contributed by atoms with Crippen LogP contribution in [0.3, 0.4) is 0 Å². The third-order valence-electron chi connectivity index (χ3n) is 12.2. The molecule has 0 spiro atoms. The van der Waals surface area contributed by atoms with E-state index in [-0.39, 0.29) is 29.9 Å². The lowest BCUT2D eigenvalue weighted by atomic mass is 9.90. The monoisotopic (exact) mass is 814 g/mol. The molecule has 4 aliphatic heterocycles. The Morgan fingerprint density at radius 2 is 1.35 bits per heavy atom. The number of aromatic nitrogens is 3. The summed E-state index contributed by atoms with van der Waals surface area (Å²) in [5, 5.41) is 26.3. The zero-order chi connectivity index (χ0) is 41.6. The lowest BCUT2D eigenvalue weighted by Gasteiger charge is -2.35. The van der Waals surface area contributed by atoms with Crippen molar-refractivity contribution in [1.29, 1.82) is 0 Å². The Hall–Kier alpha value is -5.60. The summed E-state index contributed by atoms with van der Waals surface area (Å²) in [4.78, 5) is 37.3. The summed E-state index contributed by atoms with van der Waals surface area (Å²) in [6.07, 6.45) is 9.01. The fourth-order valence-electron chi connectivity index (χ4n) is 8.74. The Kier molecular flexibility index (Phi) is 12.9. The minimum absolute atomic E-state index is 0.0162. The van der Waals surface area contributed by atoms with Gasteiger partial charge in [0.2, 0.25) is 0 Å². The maximum absolute atomic E-state index is 13.6. The number of nitrogens with zero attached hydrogens (tertiary/aromatic N) is 6. The molecular formula is C46H58N10O4. The Labute approximate surface area is 352 Å². The molecule has 14 nitrogen and oxygen atoms in total. The quantitative estimate of drug-likeness (QED) is 0.112. The van der Waals surface area contributed by atoms with Gasteiger partial charge >= 0.3 is 0 Å². The summed E-state index contributed by atoms with van der Waals surface area (Å²) in [5.41, 5.74) is 9.98. The highest BCUT2D eigenvalue weighted by molar-refractivity contribution is 6.04. The topological polar surface area (TPSA) is 159 Å². The smallest absolute Gasteiger partial charge is 0.251 e. The Morgan fingerprint density at radius 3 is 1.92 bits per heavy atom. The number of hydrogen-bond acceptors (Lipinski definition) is 11. The molecule has 14 heteroatoms. The van der Waals surface area contributed by atoms with E-state index < -0.39 is 0 Å². The minimum atomic E-state index is -0.161. The molecule has 4 N–H and O–H groups in total. The highest BCUT2D eigenvalue weighted by Crippen LogP contribution is 2.34. The molecule has 6 heterocycles. The first kappa shape index (κ1) is 41.1. The largest absolute Gasteiger partial charge is 0.384 e. The van der Waals surface area contributed by atoms with Crippen LogP contribution < -0.4 is 21.3 Å². The molecule has 4 aromatic rings. The number of anilines is 1. The molecule has 0 bridgehead atoms. The van der Waals surface area contributed by atoms with Crippen LogP contribution in [0.1, 0.15) is 91.8 Å². The van der Waals surface area contributed by atoms with E-state index in [0.717, 1.165) is 134 Å². The summed E-state index contributed by atoms with van der Waals surface area (Å²) in [5.74, 6) is -0.293. The molecule has 0 aliphatic carbocycles. The Bertz CT molecular complexity index is 2250. The second-order valence-corrected chi connectivity index (χ2v) is 15.8. The minimum Gasteiger partial charge on any atom is -0.384 e. The van der Waals surface area contributed by atoms with Gasteiger partial charge < -0.3 is 30.7 Å². The number of ether oxygens (including phenoxy) is 2. The molecular weight excluding hydrogens is 757 g/mol. The van der Waals surface area contributed by atoms with Crippen LogP contribution in [-0.4, -0.2) is 101 Å². The molecule has 2 saturated heterocycles. The third kappa shape index (κ3) is 8.66. The van der Waals surface area contributed by atoms with Crippen molar-refractivity contribution in [2.45, 2.75) is 97.6 Å². The lowest BCUT2D eigenvalue weighted by molar-refractivity contribution is 0.0793. The normalized spacial score (nSPS) is 19.7. The molecule has 0 saturated carbocycles. The van der Waals surface area contributed by atoms with Crippen molar-refractivity contribution in [2.24, 2.45) is 16.0 Å². The SMILES string of the molecule is CCC1=NC2C(C=NN2CC)C(NC2CCOCC2)=C1CNC(=O)c1ccc(-c2ccc(C(=O)NCc3c(CC)nc4c(cnn4CC)c3NC3CCOCC3)cc2)cc1. The number of dihydropyridines is 1. The number of aryl methyl sites for hydroxylation is 2. The number of carbonyl (C=O) groups is 2. The summed E-state index contributed by atoms with van der Waals surface area (Å²) in [7, 11) is 0. The number of fused-ring (bicyclic) bond motifs is 2. The van der Waals surface area contributed by atoms with E-state index >= 15 is 0 Å². The molecule has 8 rings (SSSR count). The predicted molar refractivity (Wildman–Crippen MR) is 235 cm³/mol. The number of hydrazone groups is 1. The first-order chi connectivity index (χ1) is 29.4. The first-order valence-corrected chi connectivity index (χ1v) is 21.8. The number of benzene rings is 2. The number of nitrogens with one attached hydrogen (secondary N) is 4. The Balaban J connectivity index is 0.926. The zero-order valence-corrected chi connectivity index (χ0v) is 35.3. The number of rotatable bonds is 15. The van der Waals surface area contributed by atoms with Gasteiger partial charge in [-0.3, -0.25) is 19.6 Å². The van der Waals surface area contributed by atoms with Crippen molar-refractivity contribution in [3.63, 3.8) is 0 Å². The number of amides is 2. The fourth-order valence-corrected chi connectivity index (χ4v) is 8.74. The lowest BCUT2D eigenvalue weighted by Crippen LogP contribution is -2.45. The molecule has 316 valence electrons. The maximum atomic E-state index is 13.6. The Morgan fingerprint density at radius 1 is 0.750 bits per heavy atom. The molecule has 2 aromatic heterocycles. The van der Waals surface area contributed by atoms with E-state index in [1.54, 1.807) is 0 Å². The number of hydrogen-bond donors (Lipinski definition) is 4. The van der Waals surface area contributed by atoms with Crippen molar-refractivity contribution < 1.29 is 19.1 Å². The van der Waals surface area contributed by atoms with Crippen LogP contribution in [0.25, 0.3) is 22.2 Å². The molecule has 60 heavy (non-hydrogen) atoms. The van der Waals surface area contributed by atoms with E-state index in [1.165, 1.54) is 0 Å². The van der Waals surface area contributed by atoms with Crippen LogP contribution in [0, 0.1) is 5.92 Å². The van der Waals surface area contributed by atoms with Crippen LogP contribution >= 0.6 is 0 Å². The van der Waals surface area contributed by atoms with Gasteiger partial charge in [-0.15, -0.1) is 0 Å². The van der Waals surface area contributed by atoms with Gasteiger partial charge in [0.1, 0.15) is 6.17 Å². The molecule has 2 fully saturated rings. The van der Waals surface area contributed by atoms with E-state index in [1.807, 2.05) is 70.6 Å².